The number of carbonyl (C=O) groups excluding carboxylic acids is 1. The van der Waals surface area contributed by atoms with Crippen molar-refractivity contribution in [1.82, 2.24) is 20.4 Å². The normalized spacial score (nSPS) is 25.0. The number of carbonyl (C=O) groups is 1. The molecule has 3 fully saturated rings. The van der Waals surface area contributed by atoms with E-state index in [1.165, 1.54) is 25.7 Å². The number of guanidine groups is 1. The maximum atomic E-state index is 12.5. The fraction of sp³-hybridized carbons (Fsp3) is 0.895. The Morgan fingerprint density at radius 1 is 1.20 bits per heavy atom. The molecule has 0 spiro atoms. The molecule has 0 aromatic heterocycles. The van der Waals surface area contributed by atoms with E-state index < -0.39 is 0 Å². The maximum Gasteiger partial charge on any atom is 0.225 e. The van der Waals surface area contributed by atoms with E-state index in [-0.39, 0.29) is 0 Å². The summed E-state index contributed by atoms with van der Waals surface area (Å²) in [6.45, 7) is 7.05. The number of rotatable bonds is 7. The van der Waals surface area contributed by atoms with Gasteiger partial charge in [-0.25, -0.2) is 0 Å². The molecule has 2 aliphatic carbocycles. The van der Waals surface area contributed by atoms with Crippen LogP contribution < -0.4 is 10.6 Å². The Kier molecular flexibility index (Phi) is 6.57. The van der Waals surface area contributed by atoms with E-state index >= 15 is 0 Å². The van der Waals surface area contributed by atoms with Gasteiger partial charge in [-0.05, 0) is 38.6 Å². The summed E-state index contributed by atoms with van der Waals surface area (Å²) in [5, 5.41) is 6.94. The molecule has 6 heteroatoms. The molecule has 142 valence electrons. The van der Waals surface area contributed by atoms with Crippen LogP contribution in [0.3, 0.4) is 0 Å². The average Bonchev–Trinajstić information content (AvgIpc) is 3.13. The summed E-state index contributed by atoms with van der Waals surface area (Å²) in [4.78, 5) is 21.5. The van der Waals surface area contributed by atoms with Crippen molar-refractivity contribution in [3.05, 3.63) is 0 Å². The standard InChI is InChI=1S/C19H35N5O/c1-3-23(17-8-9-17)13-11-21-19(20-2)22-16-10-12-24(14-16)18(25)15-6-4-5-7-15/h15-17H,3-14H2,1-2H3,(H2,20,21,22). The van der Waals surface area contributed by atoms with Gasteiger partial charge in [-0.1, -0.05) is 19.8 Å². The lowest BCUT2D eigenvalue weighted by molar-refractivity contribution is -0.134. The van der Waals surface area contributed by atoms with Crippen LogP contribution in [-0.2, 0) is 4.79 Å². The van der Waals surface area contributed by atoms with Gasteiger partial charge < -0.3 is 15.5 Å². The molecule has 1 aliphatic heterocycles. The van der Waals surface area contributed by atoms with Crippen LogP contribution in [0.5, 0.6) is 0 Å². The van der Waals surface area contributed by atoms with Crippen LogP contribution in [0.4, 0.5) is 0 Å². The number of hydrogen-bond donors (Lipinski definition) is 2. The fourth-order valence-electron chi connectivity index (χ4n) is 4.25. The van der Waals surface area contributed by atoms with E-state index in [0.29, 0.717) is 17.9 Å². The smallest absolute Gasteiger partial charge is 0.225 e. The van der Waals surface area contributed by atoms with Crippen molar-refractivity contribution in [3.63, 3.8) is 0 Å². The van der Waals surface area contributed by atoms with E-state index in [1.54, 1.807) is 0 Å². The lowest BCUT2D eigenvalue weighted by Gasteiger charge is -2.23. The van der Waals surface area contributed by atoms with E-state index in [4.69, 9.17) is 0 Å². The van der Waals surface area contributed by atoms with Crippen molar-refractivity contribution < 1.29 is 4.79 Å². The second-order valence-corrected chi connectivity index (χ2v) is 7.75. The third-order valence-electron chi connectivity index (χ3n) is 5.93. The average molecular weight is 350 g/mol. The third-order valence-corrected chi connectivity index (χ3v) is 5.93. The number of likely N-dealkylation sites (N-methyl/N-ethyl adjacent to an activating group) is 1. The van der Waals surface area contributed by atoms with Crippen molar-refractivity contribution in [2.24, 2.45) is 10.9 Å². The summed E-state index contributed by atoms with van der Waals surface area (Å²) in [6, 6.07) is 1.13. The van der Waals surface area contributed by atoms with Gasteiger partial charge in [0.05, 0.1) is 0 Å². The summed E-state index contributed by atoms with van der Waals surface area (Å²) >= 11 is 0. The summed E-state index contributed by atoms with van der Waals surface area (Å²) in [7, 11) is 1.82. The van der Waals surface area contributed by atoms with Crippen molar-refractivity contribution in [2.75, 3.05) is 39.8 Å². The first-order chi connectivity index (χ1) is 12.2. The Labute approximate surface area is 152 Å². The quantitative estimate of drug-likeness (QED) is 0.539. The van der Waals surface area contributed by atoms with Gasteiger partial charge in [0.2, 0.25) is 5.91 Å². The van der Waals surface area contributed by atoms with Crippen LogP contribution in [0.25, 0.3) is 0 Å². The molecule has 2 N–H and O–H groups in total. The molecule has 1 heterocycles. The Bertz CT molecular complexity index is 470. The Morgan fingerprint density at radius 3 is 2.60 bits per heavy atom. The number of amides is 1. The van der Waals surface area contributed by atoms with Gasteiger partial charge in [0.15, 0.2) is 5.96 Å². The maximum absolute atomic E-state index is 12.5. The van der Waals surface area contributed by atoms with Crippen molar-refractivity contribution >= 4 is 11.9 Å². The largest absolute Gasteiger partial charge is 0.355 e. The van der Waals surface area contributed by atoms with Gasteiger partial charge in [-0.2, -0.15) is 0 Å². The van der Waals surface area contributed by atoms with Gasteiger partial charge in [0.1, 0.15) is 0 Å². The van der Waals surface area contributed by atoms with Crippen LogP contribution in [0.1, 0.15) is 51.9 Å². The van der Waals surface area contributed by atoms with Crippen molar-refractivity contribution in [3.8, 4) is 0 Å². The van der Waals surface area contributed by atoms with Gasteiger partial charge in [0, 0.05) is 51.2 Å². The molecule has 1 unspecified atom stereocenters. The molecule has 0 radical (unpaired) electrons. The molecule has 1 atom stereocenters. The van der Waals surface area contributed by atoms with Crippen molar-refractivity contribution in [2.45, 2.75) is 64.0 Å². The van der Waals surface area contributed by atoms with Crippen LogP contribution in [0.15, 0.2) is 4.99 Å². The van der Waals surface area contributed by atoms with Gasteiger partial charge in [0.25, 0.3) is 0 Å². The first-order valence-corrected chi connectivity index (χ1v) is 10.2. The zero-order chi connectivity index (χ0) is 17.6. The predicted octanol–water partition coefficient (Wildman–Crippen LogP) is 1.43. The second-order valence-electron chi connectivity index (χ2n) is 7.75. The Hall–Kier alpha value is -1.30. The molecular weight excluding hydrogens is 314 g/mol. The molecule has 0 bridgehead atoms. The van der Waals surface area contributed by atoms with Crippen LogP contribution in [-0.4, -0.2) is 73.5 Å². The number of nitrogens with one attached hydrogen (secondary N) is 2. The number of hydrogen-bond acceptors (Lipinski definition) is 3. The SMILES string of the molecule is CCN(CCNC(=NC)NC1CCN(C(=O)C2CCCC2)C1)C1CC1. The first-order valence-electron chi connectivity index (χ1n) is 10.2. The molecule has 3 aliphatic rings. The minimum Gasteiger partial charge on any atom is -0.355 e. The number of likely N-dealkylation sites (tertiary alicyclic amines) is 1. The summed E-state index contributed by atoms with van der Waals surface area (Å²) in [5.74, 6) is 1.54. The van der Waals surface area contributed by atoms with Crippen LogP contribution in [0.2, 0.25) is 0 Å². The zero-order valence-corrected chi connectivity index (χ0v) is 16.0. The summed E-state index contributed by atoms with van der Waals surface area (Å²) < 4.78 is 0. The molecular formula is C19H35N5O. The number of nitrogens with zero attached hydrogens (tertiary/aromatic N) is 3. The Balaban J connectivity index is 1.37. The van der Waals surface area contributed by atoms with Crippen LogP contribution in [0, 0.1) is 5.92 Å². The molecule has 3 rings (SSSR count). The first kappa shape index (κ1) is 18.5. The second kappa shape index (κ2) is 8.88. The minimum absolute atomic E-state index is 0.290. The summed E-state index contributed by atoms with van der Waals surface area (Å²) in [5.41, 5.74) is 0. The molecule has 1 saturated heterocycles. The highest BCUT2D eigenvalue weighted by Crippen LogP contribution is 2.28. The highest BCUT2D eigenvalue weighted by molar-refractivity contribution is 5.81. The topological polar surface area (TPSA) is 60.0 Å². The van der Waals surface area contributed by atoms with E-state index in [9.17, 15) is 4.79 Å². The highest BCUT2D eigenvalue weighted by atomic mass is 16.2. The summed E-state index contributed by atoms with van der Waals surface area (Å²) in [6.07, 6.45) is 8.34. The fourth-order valence-corrected chi connectivity index (χ4v) is 4.25. The highest BCUT2D eigenvalue weighted by Gasteiger charge is 2.32. The van der Waals surface area contributed by atoms with E-state index in [1.807, 2.05) is 7.05 Å². The molecule has 25 heavy (non-hydrogen) atoms. The van der Waals surface area contributed by atoms with Gasteiger partial charge >= 0.3 is 0 Å². The molecule has 0 aromatic rings. The lowest BCUT2D eigenvalue weighted by Crippen LogP contribution is -2.47. The zero-order valence-electron chi connectivity index (χ0n) is 16.0. The van der Waals surface area contributed by atoms with Gasteiger partial charge in [-0.15, -0.1) is 0 Å². The van der Waals surface area contributed by atoms with Crippen LogP contribution >= 0.6 is 0 Å². The van der Waals surface area contributed by atoms with E-state index in [0.717, 1.165) is 64.0 Å². The lowest BCUT2D eigenvalue weighted by atomic mass is 10.1. The third kappa shape index (κ3) is 5.09. The monoisotopic (exact) mass is 349 g/mol. The minimum atomic E-state index is 0.290. The van der Waals surface area contributed by atoms with Gasteiger partial charge in [-0.3, -0.25) is 14.7 Å². The van der Waals surface area contributed by atoms with Crippen molar-refractivity contribution in [1.29, 1.82) is 0 Å². The Morgan fingerprint density at radius 2 is 1.96 bits per heavy atom. The predicted molar refractivity (Wildman–Crippen MR) is 102 cm³/mol. The van der Waals surface area contributed by atoms with E-state index in [2.05, 4.69) is 32.3 Å². The molecule has 1 amide bonds. The molecule has 2 saturated carbocycles. The number of aliphatic imine (C=N–C) groups is 1. The molecule has 6 nitrogen and oxygen atoms in total. The molecule has 0 aromatic carbocycles.